The lowest BCUT2D eigenvalue weighted by Crippen LogP contribution is -2.50. The highest BCUT2D eigenvalue weighted by molar-refractivity contribution is 5.96. The van der Waals surface area contributed by atoms with E-state index in [0.717, 1.165) is 32.8 Å². The van der Waals surface area contributed by atoms with Crippen molar-refractivity contribution in [3.8, 4) is 11.3 Å². The maximum Gasteiger partial charge on any atom is 0.410 e. The minimum atomic E-state index is -0.519. The molecule has 1 fully saturated rings. The lowest BCUT2D eigenvalue weighted by Gasteiger charge is -2.35. The van der Waals surface area contributed by atoms with Crippen LogP contribution < -0.4 is 16.4 Å². The molecule has 250 valence electrons. The van der Waals surface area contributed by atoms with Gasteiger partial charge in [0.15, 0.2) is 5.58 Å². The van der Waals surface area contributed by atoms with E-state index in [1.54, 1.807) is 4.90 Å². The highest BCUT2D eigenvalue weighted by Gasteiger charge is 2.26. The minimum absolute atomic E-state index is 0.0723. The Morgan fingerprint density at radius 2 is 1.63 bits per heavy atom. The Morgan fingerprint density at radius 1 is 0.898 bits per heavy atom. The largest absolute Gasteiger partial charge is 0.456 e. The molecule has 0 radical (unpaired) electrons. The standard InChI is InChI=1S/C38H38N6O5/c1-38(2,3)49-37(46)44-18-16-43(17-19-44)15-14-35(45)41-28-11-9-27(10-12-28)40-31-23-32(26-8-13-30-34(22-26)48-36(39)42-30)47-33-21-25-7-5-4-6-24(25)20-29(31)33/h4-13,20-23H,14-19H2,1-3H3,(H2,39,42)(H,41,45). The van der Waals surface area contributed by atoms with Crippen LogP contribution in [0.5, 0.6) is 0 Å². The van der Waals surface area contributed by atoms with Crippen molar-refractivity contribution in [3.05, 3.63) is 90.3 Å². The lowest BCUT2D eigenvalue weighted by molar-refractivity contribution is -0.116. The fourth-order valence-electron chi connectivity index (χ4n) is 5.91. The average Bonchev–Trinajstić information content (AvgIpc) is 3.46. The molecule has 4 aromatic carbocycles. The summed E-state index contributed by atoms with van der Waals surface area (Å²) in [5.74, 6) is 0.547. The van der Waals surface area contributed by atoms with Crippen molar-refractivity contribution in [1.29, 1.82) is 0 Å². The number of aromatic nitrogens is 1. The number of benzene rings is 4. The first-order valence-electron chi connectivity index (χ1n) is 16.3. The van der Waals surface area contributed by atoms with Gasteiger partial charge in [-0.05, 0) is 86.1 Å². The van der Waals surface area contributed by atoms with Gasteiger partial charge >= 0.3 is 6.09 Å². The van der Waals surface area contributed by atoms with E-state index in [4.69, 9.17) is 24.3 Å². The number of nitrogens with two attached hydrogens (primary N) is 1. The van der Waals surface area contributed by atoms with Crippen molar-refractivity contribution < 1.29 is 23.2 Å². The fourth-order valence-corrected chi connectivity index (χ4v) is 5.91. The van der Waals surface area contributed by atoms with Gasteiger partial charge < -0.3 is 29.5 Å². The number of carbonyl (C=O) groups is 2. The summed E-state index contributed by atoms with van der Waals surface area (Å²) in [6.07, 6.45) is 0.0569. The number of oxazole rings is 1. The van der Waals surface area contributed by atoms with E-state index in [0.29, 0.717) is 67.3 Å². The van der Waals surface area contributed by atoms with Gasteiger partial charge in [0.25, 0.3) is 6.01 Å². The van der Waals surface area contributed by atoms with E-state index in [2.05, 4.69) is 33.4 Å². The molecule has 6 aromatic rings. The molecule has 1 aliphatic rings. The Labute approximate surface area is 283 Å². The van der Waals surface area contributed by atoms with Crippen molar-refractivity contribution in [2.24, 2.45) is 4.99 Å². The summed E-state index contributed by atoms with van der Waals surface area (Å²) in [5.41, 5.74) is 9.41. The quantitative estimate of drug-likeness (QED) is 0.181. The van der Waals surface area contributed by atoms with Crippen LogP contribution >= 0.6 is 0 Å². The topological polar surface area (TPSA) is 139 Å². The molecule has 0 spiro atoms. The van der Waals surface area contributed by atoms with Crippen molar-refractivity contribution in [3.63, 3.8) is 0 Å². The molecule has 0 unspecified atom stereocenters. The number of nitrogens with one attached hydrogen (secondary N) is 1. The molecule has 3 heterocycles. The Hall–Kier alpha value is -5.68. The molecule has 1 aliphatic heterocycles. The van der Waals surface area contributed by atoms with E-state index in [1.807, 2.05) is 87.5 Å². The summed E-state index contributed by atoms with van der Waals surface area (Å²) in [6.45, 7) is 8.76. The molecule has 1 saturated heterocycles. The summed E-state index contributed by atoms with van der Waals surface area (Å²) >= 11 is 0. The molecular formula is C38H38N6O5. The van der Waals surface area contributed by atoms with Crippen LogP contribution in [-0.2, 0) is 9.53 Å². The minimum Gasteiger partial charge on any atom is -0.456 e. The zero-order chi connectivity index (χ0) is 34.1. The molecule has 0 saturated carbocycles. The smallest absolute Gasteiger partial charge is 0.410 e. The maximum absolute atomic E-state index is 12.8. The summed E-state index contributed by atoms with van der Waals surface area (Å²) in [5, 5.41) is 6.74. The molecule has 3 N–H and O–H groups in total. The fraction of sp³-hybridized carbons (Fsp3) is 0.263. The van der Waals surface area contributed by atoms with Crippen LogP contribution in [0.2, 0.25) is 0 Å². The van der Waals surface area contributed by atoms with E-state index in [9.17, 15) is 9.59 Å². The Kier molecular flexibility index (Phi) is 8.52. The molecule has 0 atom stereocenters. The third-order valence-electron chi connectivity index (χ3n) is 8.38. The number of nitrogen functional groups attached to an aromatic ring is 1. The van der Waals surface area contributed by atoms with Crippen LogP contribution in [0.15, 0.2) is 98.8 Å². The van der Waals surface area contributed by atoms with E-state index >= 15 is 0 Å². The third kappa shape index (κ3) is 7.42. The SMILES string of the molecule is CC(C)(C)OC(=O)N1CCN(CCC(=O)Nc2ccc(N=c3cc(-c4ccc5nc(N)oc5c4)oc4cc5ccccc5cc34)cc2)CC1. The van der Waals surface area contributed by atoms with Crippen LogP contribution in [0, 0.1) is 0 Å². The number of carbonyl (C=O) groups excluding carboxylic acids is 2. The highest BCUT2D eigenvalue weighted by atomic mass is 16.6. The number of ether oxygens (including phenoxy) is 1. The number of piperazine rings is 1. The van der Waals surface area contributed by atoms with Crippen LogP contribution in [0.3, 0.4) is 0 Å². The second kappa shape index (κ2) is 13.1. The lowest BCUT2D eigenvalue weighted by atomic mass is 10.1. The van der Waals surface area contributed by atoms with Crippen LogP contribution in [0.4, 0.5) is 22.2 Å². The van der Waals surface area contributed by atoms with Gasteiger partial charge in [-0.2, -0.15) is 4.98 Å². The molecule has 11 heteroatoms. The summed E-state index contributed by atoms with van der Waals surface area (Å²) in [6, 6.07) is 27.4. The monoisotopic (exact) mass is 658 g/mol. The number of rotatable bonds is 6. The van der Waals surface area contributed by atoms with Gasteiger partial charge in [0.1, 0.15) is 22.5 Å². The first-order valence-corrected chi connectivity index (χ1v) is 16.3. The van der Waals surface area contributed by atoms with Gasteiger partial charge in [0, 0.05) is 61.8 Å². The first kappa shape index (κ1) is 31.9. The van der Waals surface area contributed by atoms with Crippen molar-refractivity contribution in [2.45, 2.75) is 32.8 Å². The Balaban J connectivity index is 1.07. The van der Waals surface area contributed by atoms with Gasteiger partial charge in [-0.1, -0.05) is 24.3 Å². The number of nitrogens with zero attached hydrogens (tertiary/aromatic N) is 4. The third-order valence-corrected chi connectivity index (χ3v) is 8.38. The van der Waals surface area contributed by atoms with Gasteiger partial charge in [0.2, 0.25) is 5.91 Å². The van der Waals surface area contributed by atoms with E-state index in [1.165, 1.54) is 0 Å². The predicted octanol–water partition coefficient (Wildman–Crippen LogP) is 7.09. The predicted molar refractivity (Wildman–Crippen MR) is 190 cm³/mol. The van der Waals surface area contributed by atoms with Crippen LogP contribution in [0.25, 0.3) is 44.2 Å². The van der Waals surface area contributed by atoms with Crippen LogP contribution in [0.1, 0.15) is 27.2 Å². The zero-order valence-electron chi connectivity index (χ0n) is 27.7. The van der Waals surface area contributed by atoms with Gasteiger partial charge in [0.05, 0.1) is 11.0 Å². The number of hydrogen-bond donors (Lipinski definition) is 2. The molecule has 7 rings (SSSR count). The first-order chi connectivity index (χ1) is 23.6. The normalized spacial score (nSPS) is 14.5. The molecule has 2 amide bonds. The number of amides is 2. The number of fused-ring (bicyclic) bond motifs is 3. The summed E-state index contributed by atoms with van der Waals surface area (Å²) in [7, 11) is 0. The average molecular weight is 659 g/mol. The molecule has 0 aliphatic carbocycles. The maximum atomic E-state index is 12.8. The van der Waals surface area contributed by atoms with Crippen molar-refractivity contribution in [2.75, 3.05) is 43.8 Å². The molecule has 2 aromatic heterocycles. The van der Waals surface area contributed by atoms with Crippen molar-refractivity contribution >= 4 is 62.2 Å². The molecular weight excluding hydrogens is 620 g/mol. The molecule has 49 heavy (non-hydrogen) atoms. The zero-order valence-corrected chi connectivity index (χ0v) is 27.7. The Bertz CT molecular complexity index is 2240. The second-order valence-corrected chi connectivity index (χ2v) is 13.2. The van der Waals surface area contributed by atoms with Crippen LogP contribution in [-0.4, -0.2) is 65.1 Å². The highest BCUT2D eigenvalue weighted by Crippen LogP contribution is 2.29. The molecule has 11 nitrogen and oxygen atoms in total. The van der Waals surface area contributed by atoms with Gasteiger partial charge in [-0.15, -0.1) is 0 Å². The van der Waals surface area contributed by atoms with Crippen molar-refractivity contribution in [1.82, 2.24) is 14.8 Å². The number of anilines is 2. The van der Waals surface area contributed by atoms with E-state index < -0.39 is 5.60 Å². The Morgan fingerprint density at radius 3 is 2.37 bits per heavy atom. The van der Waals surface area contributed by atoms with Gasteiger partial charge in [-0.3, -0.25) is 9.69 Å². The summed E-state index contributed by atoms with van der Waals surface area (Å²) in [4.78, 5) is 38.3. The second-order valence-electron chi connectivity index (χ2n) is 13.2. The van der Waals surface area contributed by atoms with E-state index in [-0.39, 0.29) is 18.0 Å². The molecule has 0 bridgehead atoms. The summed E-state index contributed by atoms with van der Waals surface area (Å²) < 4.78 is 17.5. The number of hydrogen-bond acceptors (Lipinski definition) is 9. The van der Waals surface area contributed by atoms with Gasteiger partial charge in [-0.25, -0.2) is 9.79 Å².